The third-order valence-electron chi connectivity index (χ3n) is 4.24. The Bertz CT molecular complexity index is 860. The first-order valence-electron chi connectivity index (χ1n) is 8.44. The smallest absolute Gasteiger partial charge is 0.289 e. The Kier molecular flexibility index (Phi) is 5.62. The lowest BCUT2D eigenvalue weighted by Crippen LogP contribution is -2.29. The van der Waals surface area contributed by atoms with Gasteiger partial charge in [0.05, 0.1) is 12.2 Å². The predicted molar refractivity (Wildman–Crippen MR) is 102 cm³/mol. The molecule has 1 atom stereocenters. The molecule has 0 saturated heterocycles. The van der Waals surface area contributed by atoms with Crippen molar-refractivity contribution in [3.8, 4) is 0 Å². The molecule has 0 aromatic carbocycles. The van der Waals surface area contributed by atoms with Crippen LogP contribution in [0.25, 0.3) is 0 Å². The first-order chi connectivity index (χ1) is 12.5. The second-order valence-electron chi connectivity index (χ2n) is 6.14. The molecule has 0 aliphatic rings. The third-order valence-corrected chi connectivity index (χ3v) is 4.95. The molecule has 7 nitrogen and oxygen atoms in total. The van der Waals surface area contributed by atoms with Crippen molar-refractivity contribution >= 4 is 23.1 Å². The molecule has 3 N–H and O–H groups in total. The number of aryl methyl sites for hydroxylation is 1. The largest absolute Gasteiger partial charge is 0.369 e. The fraction of sp³-hybridized carbons (Fsp3) is 0.333. The van der Waals surface area contributed by atoms with Gasteiger partial charge in [-0.3, -0.25) is 9.89 Å². The number of rotatable bonds is 7. The number of carbonyl (C=O) groups excluding carboxylic acids is 1. The quantitative estimate of drug-likeness (QED) is 0.594. The van der Waals surface area contributed by atoms with Crippen LogP contribution in [0.3, 0.4) is 0 Å². The minimum absolute atomic E-state index is 0.0866. The summed E-state index contributed by atoms with van der Waals surface area (Å²) in [5.74, 6) is 0.597. The summed E-state index contributed by atoms with van der Waals surface area (Å²) >= 11 is 1.61. The van der Waals surface area contributed by atoms with Crippen LogP contribution >= 0.6 is 11.3 Å². The van der Waals surface area contributed by atoms with Crippen LogP contribution in [0.4, 0.5) is 5.82 Å². The summed E-state index contributed by atoms with van der Waals surface area (Å²) in [6.45, 7) is 6.48. The van der Waals surface area contributed by atoms with Crippen molar-refractivity contribution < 1.29 is 4.79 Å². The highest BCUT2D eigenvalue weighted by molar-refractivity contribution is 7.07. The van der Waals surface area contributed by atoms with Crippen LogP contribution in [-0.4, -0.2) is 32.6 Å². The van der Waals surface area contributed by atoms with Crippen molar-refractivity contribution in [2.24, 2.45) is 0 Å². The molecule has 0 saturated carbocycles. The van der Waals surface area contributed by atoms with Gasteiger partial charge in [-0.05, 0) is 55.1 Å². The number of nitrogens with zero attached hydrogens (tertiary/aromatic N) is 3. The van der Waals surface area contributed by atoms with Gasteiger partial charge in [0, 0.05) is 24.0 Å². The van der Waals surface area contributed by atoms with E-state index >= 15 is 0 Å². The summed E-state index contributed by atoms with van der Waals surface area (Å²) in [6.07, 6.45) is 4.48. The maximum absolute atomic E-state index is 12.6. The molecule has 136 valence electrons. The van der Waals surface area contributed by atoms with Gasteiger partial charge in [0.15, 0.2) is 0 Å². The van der Waals surface area contributed by atoms with Crippen molar-refractivity contribution in [2.75, 3.05) is 11.9 Å². The third kappa shape index (κ3) is 4.26. The summed E-state index contributed by atoms with van der Waals surface area (Å²) in [4.78, 5) is 21.3. The maximum Gasteiger partial charge on any atom is 0.289 e. The van der Waals surface area contributed by atoms with E-state index in [2.05, 4.69) is 30.8 Å². The average Bonchev–Trinajstić information content (AvgIpc) is 3.31. The molecule has 26 heavy (non-hydrogen) atoms. The van der Waals surface area contributed by atoms with Crippen molar-refractivity contribution in [2.45, 2.75) is 33.2 Å². The van der Waals surface area contributed by atoms with E-state index in [1.165, 1.54) is 0 Å². The Labute approximate surface area is 156 Å². The van der Waals surface area contributed by atoms with Crippen LogP contribution in [0.15, 0.2) is 29.2 Å². The molecule has 0 spiro atoms. The number of anilines is 1. The van der Waals surface area contributed by atoms with Crippen molar-refractivity contribution in [3.63, 3.8) is 0 Å². The fourth-order valence-electron chi connectivity index (χ4n) is 2.51. The van der Waals surface area contributed by atoms with E-state index in [-0.39, 0.29) is 17.8 Å². The molecule has 0 aliphatic carbocycles. The number of aromatic nitrogens is 4. The second kappa shape index (κ2) is 8.09. The maximum atomic E-state index is 12.6. The van der Waals surface area contributed by atoms with Crippen LogP contribution in [0.1, 0.15) is 46.0 Å². The predicted octanol–water partition coefficient (Wildman–Crippen LogP) is 3.02. The topological polar surface area (TPSA) is 95.6 Å². The highest BCUT2D eigenvalue weighted by atomic mass is 32.1. The van der Waals surface area contributed by atoms with Gasteiger partial charge in [-0.1, -0.05) is 0 Å². The van der Waals surface area contributed by atoms with E-state index in [1.54, 1.807) is 17.5 Å². The Morgan fingerprint density at radius 2 is 2.19 bits per heavy atom. The highest BCUT2D eigenvalue weighted by Gasteiger charge is 2.17. The molecule has 0 fully saturated rings. The number of H-pyrrole nitrogens is 1. The molecule has 3 aromatic rings. The minimum Gasteiger partial charge on any atom is -0.369 e. The lowest BCUT2D eigenvalue weighted by molar-refractivity contribution is 0.0929. The van der Waals surface area contributed by atoms with Gasteiger partial charge in [-0.15, -0.1) is 0 Å². The molecular formula is C18H22N6OS. The van der Waals surface area contributed by atoms with Gasteiger partial charge in [-0.2, -0.15) is 16.4 Å². The monoisotopic (exact) mass is 370 g/mol. The SMILES string of the molecule is Cc1nc(C(=O)NC(C)c2ccsc2)nc(NCCc2cn[nH]c2)c1C. The number of hydrogen-bond donors (Lipinski definition) is 3. The van der Waals surface area contributed by atoms with E-state index in [9.17, 15) is 4.79 Å². The van der Waals surface area contributed by atoms with Crippen LogP contribution in [-0.2, 0) is 6.42 Å². The molecule has 3 rings (SSSR count). The number of thiophene rings is 1. The molecule has 8 heteroatoms. The summed E-state index contributed by atoms with van der Waals surface area (Å²) < 4.78 is 0. The van der Waals surface area contributed by atoms with Crippen LogP contribution < -0.4 is 10.6 Å². The van der Waals surface area contributed by atoms with Crippen molar-refractivity contribution in [1.82, 2.24) is 25.5 Å². The van der Waals surface area contributed by atoms with Gasteiger partial charge in [0.25, 0.3) is 5.91 Å². The highest BCUT2D eigenvalue weighted by Crippen LogP contribution is 2.18. The first-order valence-corrected chi connectivity index (χ1v) is 9.38. The molecule has 1 unspecified atom stereocenters. The lowest BCUT2D eigenvalue weighted by Gasteiger charge is -2.14. The van der Waals surface area contributed by atoms with Crippen LogP contribution in [0.5, 0.6) is 0 Å². The minimum atomic E-state index is -0.273. The zero-order valence-electron chi connectivity index (χ0n) is 15.0. The second-order valence-corrected chi connectivity index (χ2v) is 6.92. The first kappa shape index (κ1) is 18.1. The molecule has 3 aromatic heterocycles. The van der Waals surface area contributed by atoms with Crippen molar-refractivity contribution in [1.29, 1.82) is 0 Å². The Morgan fingerprint density at radius 1 is 1.35 bits per heavy atom. The standard InChI is InChI=1S/C18H22N6OS/c1-11-12(2)22-17(18(25)23-13(3)15-5-7-26-10-15)24-16(11)19-6-4-14-8-20-21-9-14/h5,7-10,13H,4,6H2,1-3H3,(H,20,21)(H,23,25)(H,19,22,24). The average molecular weight is 370 g/mol. The summed E-state index contributed by atoms with van der Waals surface area (Å²) in [7, 11) is 0. The van der Waals surface area contributed by atoms with E-state index in [4.69, 9.17) is 0 Å². The van der Waals surface area contributed by atoms with E-state index in [0.717, 1.165) is 28.8 Å². The van der Waals surface area contributed by atoms with E-state index in [1.807, 2.05) is 43.8 Å². The van der Waals surface area contributed by atoms with E-state index < -0.39 is 0 Å². The summed E-state index contributed by atoms with van der Waals surface area (Å²) in [5, 5.41) is 17.0. The van der Waals surface area contributed by atoms with E-state index in [0.29, 0.717) is 12.4 Å². The number of aromatic amines is 1. The van der Waals surface area contributed by atoms with Gasteiger partial charge in [0.2, 0.25) is 5.82 Å². The van der Waals surface area contributed by atoms with Gasteiger partial charge in [0.1, 0.15) is 5.82 Å². The van der Waals surface area contributed by atoms with Crippen molar-refractivity contribution in [3.05, 3.63) is 57.4 Å². The summed E-state index contributed by atoms with van der Waals surface area (Å²) in [6, 6.07) is 1.91. The number of carbonyl (C=O) groups is 1. The van der Waals surface area contributed by atoms with Crippen LogP contribution in [0.2, 0.25) is 0 Å². The number of hydrogen-bond acceptors (Lipinski definition) is 6. The summed E-state index contributed by atoms with van der Waals surface area (Å²) in [5.41, 5.74) is 3.92. The Balaban J connectivity index is 1.69. The molecule has 0 radical (unpaired) electrons. The molecule has 0 bridgehead atoms. The fourth-order valence-corrected chi connectivity index (χ4v) is 3.26. The van der Waals surface area contributed by atoms with Gasteiger partial charge < -0.3 is 10.6 Å². The Morgan fingerprint density at radius 3 is 2.88 bits per heavy atom. The molecule has 3 heterocycles. The van der Waals surface area contributed by atoms with Gasteiger partial charge in [-0.25, -0.2) is 9.97 Å². The van der Waals surface area contributed by atoms with Gasteiger partial charge >= 0.3 is 0 Å². The number of nitrogens with one attached hydrogen (secondary N) is 3. The normalized spacial score (nSPS) is 12.0. The lowest BCUT2D eigenvalue weighted by atomic mass is 10.2. The number of amides is 1. The Hall–Kier alpha value is -2.74. The molecule has 0 aliphatic heterocycles. The zero-order valence-corrected chi connectivity index (χ0v) is 15.9. The molecule has 1 amide bonds. The zero-order chi connectivity index (χ0) is 18.5. The van der Waals surface area contributed by atoms with Crippen LogP contribution in [0, 0.1) is 13.8 Å². The molecular weight excluding hydrogens is 348 g/mol.